The van der Waals surface area contributed by atoms with Crippen LogP contribution in [-0.4, -0.2) is 40.6 Å². The number of carbonyl (C=O) groups excluding carboxylic acids is 2. The first-order chi connectivity index (χ1) is 14.0. The van der Waals surface area contributed by atoms with E-state index >= 15 is 0 Å². The second kappa shape index (κ2) is 8.54. The van der Waals surface area contributed by atoms with Crippen molar-refractivity contribution in [1.29, 1.82) is 5.26 Å². The van der Waals surface area contributed by atoms with E-state index in [0.29, 0.717) is 16.0 Å². The van der Waals surface area contributed by atoms with E-state index in [4.69, 9.17) is 4.74 Å². The number of fused-ring (bicyclic) bond motifs is 2. The molecule has 1 saturated carbocycles. The van der Waals surface area contributed by atoms with E-state index in [1.54, 1.807) is 37.8 Å². The van der Waals surface area contributed by atoms with Gasteiger partial charge in [0.25, 0.3) is 0 Å². The Morgan fingerprint density at radius 1 is 1.40 bits per heavy atom. The molecular formula is C22H27BrFN3O3. The van der Waals surface area contributed by atoms with E-state index in [9.17, 15) is 19.2 Å². The molecule has 4 unspecified atom stereocenters. The first-order valence-corrected chi connectivity index (χ1v) is 10.9. The van der Waals surface area contributed by atoms with Gasteiger partial charge < -0.3 is 10.1 Å². The molecule has 6 nitrogen and oxygen atoms in total. The van der Waals surface area contributed by atoms with Crippen LogP contribution in [0.25, 0.3) is 0 Å². The highest BCUT2D eigenvalue weighted by Crippen LogP contribution is 2.46. The average Bonchev–Trinajstić information content (AvgIpc) is 3.18. The van der Waals surface area contributed by atoms with Crippen LogP contribution in [0.1, 0.15) is 46.1 Å². The lowest BCUT2D eigenvalue weighted by atomic mass is 9.88. The molecule has 0 radical (unpaired) electrons. The Hall–Kier alpha value is -2.14. The van der Waals surface area contributed by atoms with Gasteiger partial charge in [-0.1, -0.05) is 28.9 Å². The predicted octanol–water partition coefficient (Wildman–Crippen LogP) is 4.17. The van der Waals surface area contributed by atoms with Crippen LogP contribution in [0.4, 0.5) is 9.18 Å². The fraction of sp³-hybridized carbons (Fsp3) is 0.591. The van der Waals surface area contributed by atoms with Gasteiger partial charge in [0.1, 0.15) is 23.5 Å². The molecule has 1 heterocycles. The standard InChI is InChI=1S/C22H27BrFN3O3/c1-12-7-16-10-17(12)19(27(16)21(29)30-22(2,3)4)20(28)26-15(11-25)8-13-5-6-14(23)9-18(13)24/h5-6,9,12,15-17,19H,7-8,10H2,1-4H3,(H,26,28)/t12?,15-,16?,17?,19?/m0/s1. The summed E-state index contributed by atoms with van der Waals surface area (Å²) in [5.41, 5.74) is -0.324. The highest BCUT2D eigenvalue weighted by molar-refractivity contribution is 9.10. The molecule has 1 saturated heterocycles. The summed E-state index contributed by atoms with van der Waals surface area (Å²) >= 11 is 3.21. The lowest BCUT2D eigenvalue weighted by molar-refractivity contribution is -0.129. The fourth-order valence-electron chi connectivity index (χ4n) is 4.54. The fourth-order valence-corrected chi connectivity index (χ4v) is 4.87. The van der Waals surface area contributed by atoms with Crippen LogP contribution in [0.5, 0.6) is 0 Å². The molecule has 2 amide bonds. The Labute approximate surface area is 184 Å². The molecule has 5 atom stereocenters. The normalized spacial score (nSPS) is 26.2. The van der Waals surface area contributed by atoms with E-state index in [-0.39, 0.29) is 24.3 Å². The van der Waals surface area contributed by atoms with E-state index in [1.807, 2.05) is 6.07 Å². The number of amides is 2. The number of hydrogen-bond acceptors (Lipinski definition) is 4. The van der Waals surface area contributed by atoms with Crippen molar-refractivity contribution >= 4 is 27.9 Å². The van der Waals surface area contributed by atoms with Crippen molar-refractivity contribution in [2.24, 2.45) is 11.8 Å². The van der Waals surface area contributed by atoms with Crippen molar-refractivity contribution in [3.05, 3.63) is 34.1 Å². The van der Waals surface area contributed by atoms with E-state index in [2.05, 4.69) is 28.2 Å². The number of nitrogens with one attached hydrogen (secondary N) is 1. The number of nitrogens with zero attached hydrogens (tertiary/aromatic N) is 2. The number of benzene rings is 1. The third-order valence-corrected chi connectivity index (χ3v) is 6.30. The molecule has 1 N–H and O–H groups in total. The number of nitriles is 1. The van der Waals surface area contributed by atoms with Gasteiger partial charge in [-0.25, -0.2) is 9.18 Å². The highest BCUT2D eigenvalue weighted by atomic mass is 79.9. The van der Waals surface area contributed by atoms with Crippen LogP contribution >= 0.6 is 15.9 Å². The molecule has 1 aliphatic carbocycles. The van der Waals surface area contributed by atoms with Gasteiger partial charge in [-0.2, -0.15) is 5.26 Å². The van der Waals surface area contributed by atoms with Gasteiger partial charge in [-0.15, -0.1) is 0 Å². The summed E-state index contributed by atoms with van der Waals surface area (Å²) in [4.78, 5) is 27.5. The molecule has 1 aromatic rings. The smallest absolute Gasteiger partial charge is 0.411 e. The van der Waals surface area contributed by atoms with Crippen LogP contribution < -0.4 is 5.32 Å². The summed E-state index contributed by atoms with van der Waals surface area (Å²) in [7, 11) is 0. The number of likely N-dealkylation sites (tertiary alicyclic amines) is 1. The summed E-state index contributed by atoms with van der Waals surface area (Å²) in [6.45, 7) is 7.44. The first kappa shape index (κ1) is 22.5. The van der Waals surface area contributed by atoms with Crippen molar-refractivity contribution in [3.63, 3.8) is 0 Å². The second-order valence-electron chi connectivity index (χ2n) is 9.23. The Bertz CT molecular complexity index is 879. The Balaban J connectivity index is 1.75. The molecule has 1 aliphatic heterocycles. The van der Waals surface area contributed by atoms with E-state index in [0.717, 1.165) is 12.8 Å². The molecule has 3 rings (SSSR count). The number of hydrogen-bond donors (Lipinski definition) is 1. The zero-order valence-electron chi connectivity index (χ0n) is 17.6. The first-order valence-electron chi connectivity index (χ1n) is 10.2. The molecule has 8 heteroatoms. The van der Waals surface area contributed by atoms with Crippen molar-refractivity contribution < 1.29 is 18.7 Å². The van der Waals surface area contributed by atoms with E-state index < -0.39 is 29.6 Å². The largest absolute Gasteiger partial charge is 0.444 e. The molecule has 2 aliphatic rings. The van der Waals surface area contributed by atoms with Gasteiger partial charge in [0.2, 0.25) is 5.91 Å². The Morgan fingerprint density at radius 3 is 2.70 bits per heavy atom. The SMILES string of the molecule is CC1CC2CC1C(C(=O)N[C@H](C#N)Cc1ccc(Br)cc1F)N2C(=O)OC(C)(C)C. The highest BCUT2D eigenvalue weighted by Gasteiger charge is 2.55. The molecule has 162 valence electrons. The minimum absolute atomic E-state index is 0.0197. The van der Waals surface area contributed by atoms with Gasteiger partial charge >= 0.3 is 6.09 Å². The maximum Gasteiger partial charge on any atom is 0.411 e. The van der Waals surface area contributed by atoms with Crippen molar-refractivity contribution in [1.82, 2.24) is 10.2 Å². The van der Waals surface area contributed by atoms with Crippen LogP contribution in [0, 0.1) is 29.0 Å². The topological polar surface area (TPSA) is 82.4 Å². The zero-order chi connectivity index (χ0) is 22.2. The third kappa shape index (κ3) is 4.77. The van der Waals surface area contributed by atoms with Gasteiger partial charge in [0.05, 0.1) is 6.07 Å². The second-order valence-corrected chi connectivity index (χ2v) is 10.1. The number of ether oxygens (including phenoxy) is 1. The lowest BCUT2D eigenvalue weighted by Gasteiger charge is -2.38. The number of rotatable bonds is 4. The van der Waals surface area contributed by atoms with Crippen molar-refractivity contribution in [2.75, 3.05) is 0 Å². The van der Waals surface area contributed by atoms with Crippen LogP contribution in [-0.2, 0) is 16.0 Å². The van der Waals surface area contributed by atoms with Gasteiger partial charge in [-0.3, -0.25) is 9.69 Å². The molecule has 1 aromatic carbocycles. The monoisotopic (exact) mass is 479 g/mol. The van der Waals surface area contributed by atoms with Crippen LogP contribution in [0.15, 0.2) is 22.7 Å². The molecular weight excluding hydrogens is 453 g/mol. The molecule has 2 bridgehead atoms. The van der Waals surface area contributed by atoms with Gasteiger partial charge in [0, 0.05) is 16.9 Å². The quantitative estimate of drug-likeness (QED) is 0.702. The molecule has 0 spiro atoms. The molecule has 0 aromatic heterocycles. The Kier molecular flexibility index (Phi) is 6.42. The lowest BCUT2D eigenvalue weighted by Crippen LogP contribution is -2.56. The predicted molar refractivity (Wildman–Crippen MR) is 113 cm³/mol. The summed E-state index contributed by atoms with van der Waals surface area (Å²) in [6, 6.07) is 5.02. The van der Waals surface area contributed by atoms with Crippen molar-refractivity contribution in [2.45, 2.75) is 70.7 Å². The summed E-state index contributed by atoms with van der Waals surface area (Å²) < 4.78 is 20.3. The summed E-state index contributed by atoms with van der Waals surface area (Å²) in [5, 5.41) is 12.3. The molecule has 2 fully saturated rings. The number of halogens is 2. The summed E-state index contributed by atoms with van der Waals surface area (Å²) in [6.07, 6.45) is 1.12. The van der Waals surface area contributed by atoms with Crippen LogP contribution in [0.2, 0.25) is 0 Å². The maximum atomic E-state index is 14.2. The maximum absolute atomic E-state index is 14.2. The van der Waals surface area contributed by atoms with Gasteiger partial charge in [0.15, 0.2) is 0 Å². The van der Waals surface area contributed by atoms with Crippen LogP contribution in [0.3, 0.4) is 0 Å². The minimum atomic E-state index is -0.900. The average molecular weight is 480 g/mol. The van der Waals surface area contributed by atoms with E-state index in [1.165, 1.54) is 6.07 Å². The number of carbonyl (C=O) groups is 2. The molecule has 30 heavy (non-hydrogen) atoms. The zero-order valence-corrected chi connectivity index (χ0v) is 19.2. The van der Waals surface area contributed by atoms with Crippen molar-refractivity contribution in [3.8, 4) is 6.07 Å². The number of piperidine rings is 1. The third-order valence-electron chi connectivity index (χ3n) is 5.80. The van der Waals surface area contributed by atoms with Gasteiger partial charge in [-0.05, 0) is 63.1 Å². The Morgan fingerprint density at radius 2 is 2.10 bits per heavy atom. The summed E-state index contributed by atoms with van der Waals surface area (Å²) in [5.74, 6) is -0.507. The minimum Gasteiger partial charge on any atom is -0.444 e.